The number of carbonyl (C=O) groups is 1. The number of benzene rings is 3. The third-order valence-electron chi connectivity index (χ3n) is 5.22. The summed E-state index contributed by atoms with van der Waals surface area (Å²) in [6.07, 6.45) is 1.63. The molecule has 0 saturated carbocycles. The zero-order valence-electron chi connectivity index (χ0n) is 18.9. The molecule has 0 aliphatic heterocycles. The second kappa shape index (κ2) is 10.7. The molecule has 1 aromatic heterocycles. The monoisotopic (exact) mass is 645 g/mol. The van der Waals surface area contributed by atoms with Crippen LogP contribution in [0, 0.1) is 3.57 Å². The van der Waals surface area contributed by atoms with Gasteiger partial charge in [-0.05, 0) is 82.2 Å². The van der Waals surface area contributed by atoms with Crippen LogP contribution < -0.4 is 10.3 Å². The maximum Gasteiger partial charge on any atom is 0.335 e. The molecule has 0 radical (unpaired) electrons. The third kappa shape index (κ3) is 5.79. The number of halogens is 2. The molecule has 1 N–H and O–H groups in total. The highest BCUT2D eigenvalue weighted by molar-refractivity contribution is 14.1. The van der Waals surface area contributed by atoms with Gasteiger partial charge in [-0.15, -0.1) is 0 Å². The zero-order valence-corrected chi connectivity index (χ0v) is 22.6. The second-order valence-corrected chi connectivity index (χ2v) is 10.2. The number of fused-ring (bicyclic) bond motifs is 1. The summed E-state index contributed by atoms with van der Waals surface area (Å²) >= 11 is 5.60. The van der Waals surface area contributed by atoms with Crippen molar-refractivity contribution in [1.29, 1.82) is 0 Å². The summed E-state index contributed by atoms with van der Waals surface area (Å²) in [5.74, 6) is 0.333. The lowest BCUT2D eigenvalue weighted by Crippen LogP contribution is -2.23. The first-order valence-electron chi connectivity index (χ1n) is 10.7. The Morgan fingerprint density at radius 2 is 1.91 bits per heavy atom. The number of aromatic carboxylic acids is 1. The average molecular weight is 646 g/mol. The maximum absolute atomic E-state index is 13.2. The SMILES string of the molecule is CC(C)c1nc2ccc(Br)cc2c(=O)n1N=Cc1ccc(OCc2ccc(C(=O)O)cc2)c(I)c1. The number of hydrogen-bond acceptors (Lipinski definition) is 5. The fraction of sp³-hybridized carbons (Fsp3) is 0.154. The van der Waals surface area contributed by atoms with Gasteiger partial charge in [0.05, 0.1) is 26.3 Å². The lowest BCUT2D eigenvalue weighted by molar-refractivity contribution is 0.0697. The minimum atomic E-state index is -0.959. The summed E-state index contributed by atoms with van der Waals surface area (Å²) in [6, 6.07) is 17.6. The van der Waals surface area contributed by atoms with Crippen LogP contribution in [-0.2, 0) is 6.61 Å². The molecule has 0 aliphatic rings. The van der Waals surface area contributed by atoms with E-state index >= 15 is 0 Å². The van der Waals surface area contributed by atoms with Crippen molar-refractivity contribution < 1.29 is 14.6 Å². The van der Waals surface area contributed by atoms with Gasteiger partial charge in [0.2, 0.25) is 0 Å². The van der Waals surface area contributed by atoms with Gasteiger partial charge in [0.25, 0.3) is 5.56 Å². The molecule has 4 aromatic rings. The van der Waals surface area contributed by atoms with Gasteiger partial charge < -0.3 is 9.84 Å². The standard InChI is InChI=1S/C26H21BrIN3O4/c1-15(2)24-30-22-9-8-19(27)12-20(22)25(32)31(24)29-13-17-5-10-23(21(28)11-17)35-14-16-3-6-18(7-4-16)26(33)34/h3-13,15H,14H2,1-2H3,(H,33,34). The normalized spacial score (nSPS) is 11.5. The lowest BCUT2D eigenvalue weighted by atomic mass is 10.1. The van der Waals surface area contributed by atoms with Gasteiger partial charge in [-0.2, -0.15) is 9.78 Å². The Morgan fingerprint density at radius 1 is 1.17 bits per heavy atom. The van der Waals surface area contributed by atoms with Gasteiger partial charge in [0.15, 0.2) is 0 Å². The minimum Gasteiger partial charge on any atom is -0.488 e. The van der Waals surface area contributed by atoms with Crippen molar-refractivity contribution >= 4 is 61.6 Å². The summed E-state index contributed by atoms with van der Waals surface area (Å²) < 4.78 is 8.95. The number of aromatic nitrogens is 2. The Morgan fingerprint density at radius 3 is 2.57 bits per heavy atom. The van der Waals surface area contributed by atoms with Crippen molar-refractivity contribution in [2.45, 2.75) is 26.4 Å². The molecule has 4 rings (SSSR count). The largest absolute Gasteiger partial charge is 0.488 e. The van der Waals surface area contributed by atoms with Gasteiger partial charge in [0, 0.05) is 10.4 Å². The smallest absolute Gasteiger partial charge is 0.335 e. The molecule has 0 amide bonds. The quantitative estimate of drug-likeness (QED) is 0.195. The Bertz CT molecular complexity index is 1500. The second-order valence-electron chi connectivity index (χ2n) is 8.13. The lowest BCUT2D eigenvalue weighted by Gasteiger charge is -2.12. The number of hydrogen-bond donors (Lipinski definition) is 1. The van der Waals surface area contributed by atoms with Crippen molar-refractivity contribution in [2.24, 2.45) is 5.10 Å². The van der Waals surface area contributed by atoms with Crippen LogP contribution in [0.5, 0.6) is 5.75 Å². The Balaban J connectivity index is 1.56. The van der Waals surface area contributed by atoms with E-state index in [0.717, 1.165) is 19.2 Å². The molecule has 9 heteroatoms. The number of carboxylic acid groups (broad SMARTS) is 1. The predicted molar refractivity (Wildman–Crippen MR) is 148 cm³/mol. The van der Waals surface area contributed by atoms with Crippen molar-refractivity contribution in [3.63, 3.8) is 0 Å². The first kappa shape index (κ1) is 25.1. The van der Waals surface area contributed by atoms with E-state index < -0.39 is 5.97 Å². The minimum absolute atomic E-state index is 0.00775. The number of carboxylic acids is 1. The van der Waals surface area contributed by atoms with Crippen LogP contribution in [0.2, 0.25) is 0 Å². The molecule has 1 heterocycles. The van der Waals surface area contributed by atoms with E-state index in [-0.39, 0.29) is 17.0 Å². The first-order chi connectivity index (χ1) is 16.7. The fourth-order valence-electron chi connectivity index (χ4n) is 3.39. The zero-order chi connectivity index (χ0) is 25.1. The van der Waals surface area contributed by atoms with Gasteiger partial charge in [0.1, 0.15) is 18.2 Å². The number of ether oxygens (including phenoxy) is 1. The van der Waals surface area contributed by atoms with Crippen molar-refractivity contribution in [1.82, 2.24) is 9.66 Å². The van der Waals surface area contributed by atoms with Crippen LogP contribution in [0.4, 0.5) is 0 Å². The van der Waals surface area contributed by atoms with Crippen LogP contribution in [0.25, 0.3) is 10.9 Å². The summed E-state index contributed by atoms with van der Waals surface area (Å²) in [6.45, 7) is 4.26. The maximum atomic E-state index is 13.2. The van der Waals surface area contributed by atoms with E-state index in [1.54, 1.807) is 36.5 Å². The molecule has 7 nitrogen and oxygen atoms in total. The molecule has 0 atom stereocenters. The predicted octanol–water partition coefficient (Wildman–Crippen LogP) is 6.05. The van der Waals surface area contributed by atoms with Crippen LogP contribution in [0.3, 0.4) is 0 Å². The van der Waals surface area contributed by atoms with Crippen molar-refractivity contribution in [3.8, 4) is 5.75 Å². The summed E-state index contributed by atoms with van der Waals surface area (Å²) in [5, 5.41) is 14.0. The Labute approximate surface area is 223 Å². The first-order valence-corrected chi connectivity index (χ1v) is 12.6. The van der Waals surface area contributed by atoms with Crippen LogP contribution >= 0.6 is 38.5 Å². The molecule has 0 fully saturated rings. The molecule has 0 saturated heterocycles. The number of nitrogens with zero attached hydrogens (tertiary/aromatic N) is 3. The van der Waals surface area contributed by atoms with E-state index in [9.17, 15) is 9.59 Å². The molecule has 35 heavy (non-hydrogen) atoms. The van der Waals surface area contributed by atoms with Gasteiger partial charge >= 0.3 is 5.97 Å². The van der Waals surface area contributed by atoms with E-state index in [0.29, 0.717) is 29.1 Å². The molecule has 0 unspecified atom stereocenters. The Hall–Kier alpha value is -3.05. The Kier molecular flexibility index (Phi) is 7.66. The van der Waals surface area contributed by atoms with Gasteiger partial charge in [-0.1, -0.05) is 41.9 Å². The van der Waals surface area contributed by atoms with E-state index in [1.807, 2.05) is 44.2 Å². The highest BCUT2D eigenvalue weighted by atomic mass is 127. The third-order valence-corrected chi connectivity index (χ3v) is 6.56. The topological polar surface area (TPSA) is 93.8 Å². The fourth-order valence-corrected chi connectivity index (χ4v) is 4.45. The van der Waals surface area contributed by atoms with Gasteiger partial charge in [-0.25, -0.2) is 9.78 Å². The highest BCUT2D eigenvalue weighted by Gasteiger charge is 2.14. The van der Waals surface area contributed by atoms with Crippen LogP contribution in [0.1, 0.15) is 47.1 Å². The molecule has 3 aromatic carbocycles. The van der Waals surface area contributed by atoms with E-state index in [1.165, 1.54) is 4.68 Å². The van der Waals surface area contributed by atoms with Crippen molar-refractivity contribution in [2.75, 3.05) is 0 Å². The molecule has 178 valence electrons. The van der Waals surface area contributed by atoms with E-state index in [4.69, 9.17) is 9.84 Å². The van der Waals surface area contributed by atoms with Crippen LogP contribution in [-0.4, -0.2) is 27.0 Å². The summed E-state index contributed by atoms with van der Waals surface area (Å²) in [5.41, 5.74) is 2.33. The average Bonchev–Trinajstić information content (AvgIpc) is 2.83. The number of rotatable bonds is 7. The molecule has 0 bridgehead atoms. The molecular weight excluding hydrogens is 625 g/mol. The highest BCUT2D eigenvalue weighted by Crippen LogP contribution is 2.23. The molecular formula is C26H21BrIN3O4. The van der Waals surface area contributed by atoms with Crippen LogP contribution in [0.15, 0.2) is 75.0 Å². The summed E-state index contributed by atoms with van der Waals surface area (Å²) in [4.78, 5) is 28.8. The van der Waals surface area contributed by atoms with Gasteiger partial charge in [-0.3, -0.25) is 4.79 Å². The molecule has 0 spiro atoms. The summed E-state index contributed by atoms with van der Waals surface area (Å²) in [7, 11) is 0. The van der Waals surface area contributed by atoms with Crippen molar-refractivity contribution in [3.05, 3.63) is 102 Å². The molecule has 0 aliphatic carbocycles. The van der Waals surface area contributed by atoms with E-state index in [2.05, 4.69) is 48.6 Å².